The number of benzene rings is 1. The zero-order valence-electron chi connectivity index (χ0n) is 12.9. The predicted octanol–water partition coefficient (Wildman–Crippen LogP) is 2.90. The van der Waals surface area contributed by atoms with E-state index in [9.17, 15) is 4.79 Å². The third-order valence-corrected chi connectivity index (χ3v) is 4.92. The van der Waals surface area contributed by atoms with Crippen LogP contribution in [-0.4, -0.2) is 30.9 Å². The van der Waals surface area contributed by atoms with Gasteiger partial charge in [-0.2, -0.15) is 0 Å². The highest BCUT2D eigenvalue weighted by molar-refractivity contribution is 6.06. The Hall–Kier alpha value is -1.35. The Morgan fingerprint density at radius 1 is 1.20 bits per heavy atom. The molecular formula is C17H24N2O. The minimum atomic E-state index is -0.289. The molecule has 2 heterocycles. The van der Waals surface area contributed by atoms with Gasteiger partial charge in [-0.15, -0.1) is 0 Å². The lowest BCUT2D eigenvalue weighted by atomic mass is 9.72. The average Bonchev–Trinajstić information content (AvgIpc) is 2.64. The number of anilines is 1. The van der Waals surface area contributed by atoms with Gasteiger partial charge in [-0.25, -0.2) is 0 Å². The fraction of sp³-hybridized carbons (Fsp3) is 0.588. The summed E-state index contributed by atoms with van der Waals surface area (Å²) < 4.78 is 0. The first-order valence-corrected chi connectivity index (χ1v) is 7.48. The normalized spacial score (nSPS) is 21.9. The van der Waals surface area contributed by atoms with Gasteiger partial charge >= 0.3 is 0 Å². The number of likely N-dealkylation sites (tertiary alicyclic amines) is 1. The summed E-state index contributed by atoms with van der Waals surface area (Å²) in [4.78, 5) is 14.9. The Morgan fingerprint density at radius 3 is 2.45 bits per heavy atom. The molecule has 1 spiro atoms. The molecule has 3 rings (SSSR count). The number of hydrogen-bond acceptors (Lipinski definition) is 2. The third-order valence-electron chi connectivity index (χ3n) is 4.92. The van der Waals surface area contributed by atoms with Gasteiger partial charge in [0.25, 0.3) is 0 Å². The van der Waals surface area contributed by atoms with Crippen LogP contribution in [0.15, 0.2) is 18.2 Å². The maximum atomic E-state index is 12.5. The first-order chi connectivity index (χ1) is 9.33. The van der Waals surface area contributed by atoms with Gasteiger partial charge in [-0.05, 0) is 55.6 Å². The van der Waals surface area contributed by atoms with Crippen LogP contribution in [0.2, 0.25) is 0 Å². The van der Waals surface area contributed by atoms with Crippen molar-refractivity contribution in [3.05, 3.63) is 29.3 Å². The highest BCUT2D eigenvalue weighted by Gasteiger charge is 2.48. The molecule has 1 aromatic carbocycles. The lowest BCUT2D eigenvalue weighted by Gasteiger charge is -2.36. The molecule has 0 unspecified atom stereocenters. The van der Waals surface area contributed by atoms with Crippen molar-refractivity contribution in [3.8, 4) is 0 Å². The van der Waals surface area contributed by atoms with Crippen molar-refractivity contribution in [2.75, 3.05) is 25.5 Å². The first kappa shape index (κ1) is 13.6. The number of piperidine rings is 1. The minimum Gasteiger partial charge on any atom is -0.325 e. The molecule has 2 aliphatic heterocycles. The summed E-state index contributed by atoms with van der Waals surface area (Å²) >= 11 is 0. The van der Waals surface area contributed by atoms with Gasteiger partial charge in [-0.3, -0.25) is 4.79 Å². The summed E-state index contributed by atoms with van der Waals surface area (Å²) in [7, 11) is 2.13. The van der Waals surface area contributed by atoms with E-state index < -0.39 is 0 Å². The number of carbonyl (C=O) groups is 1. The maximum Gasteiger partial charge on any atom is 0.235 e. The van der Waals surface area contributed by atoms with Gasteiger partial charge in [0.1, 0.15) is 0 Å². The molecular weight excluding hydrogens is 248 g/mol. The molecule has 0 atom stereocenters. The van der Waals surface area contributed by atoms with Crippen molar-refractivity contribution < 1.29 is 4.79 Å². The number of amides is 1. The fourth-order valence-corrected chi connectivity index (χ4v) is 3.38. The summed E-state index contributed by atoms with van der Waals surface area (Å²) in [5.74, 6) is 0.201. The summed E-state index contributed by atoms with van der Waals surface area (Å²) in [5.41, 5.74) is 3.39. The summed E-state index contributed by atoms with van der Waals surface area (Å²) in [6.45, 7) is 8.65. The molecule has 1 N–H and O–H groups in total. The Kier molecular flexibility index (Phi) is 2.94. The van der Waals surface area contributed by atoms with Crippen molar-refractivity contribution in [2.24, 2.45) is 0 Å². The van der Waals surface area contributed by atoms with Crippen molar-refractivity contribution in [1.82, 2.24) is 4.90 Å². The van der Waals surface area contributed by atoms with E-state index >= 15 is 0 Å². The number of nitrogens with zero attached hydrogens (tertiary/aromatic N) is 1. The molecule has 3 heteroatoms. The molecule has 1 fully saturated rings. The van der Waals surface area contributed by atoms with Crippen LogP contribution in [0.3, 0.4) is 0 Å². The Labute approximate surface area is 121 Å². The third kappa shape index (κ3) is 1.96. The van der Waals surface area contributed by atoms with Gasteiger partial charge in [0.15, 0.2) is 0 Å². The van der Waals surface area contributed by atoms with Gasteiger partial charge in [-0.1, -0.05) is 32.9 Å². The summed E-state index contributed by atoms with van der Waals surface area (Å²) in [5, 5.41) is 3.09. The van der Waals surface area contributed by atoms with Crippen LogP contribution in [0.1, 0.15) is 44.7 Å². The number of rotatable bonds is 0. The van der Waals surface area contributed by atoms with E-state index in [1.54, 1.807) is 0 Å². The first-order valence-electron chi connectivity index (χ1n) is 7.48. The lowest BCUT2D eigenvalue weighted by molar-refractivity contribution is -0.122. The van der Waals surface area contributed by atoms with Crippen LogP contribution in [0, 0.1) is 0 Å². The Bertz CT molecular complexity index is 549. The number of hydrogen-bond donors (Lipinski definition) is 1. The standard InChI is InChI=1S/C17H24N2O/c1-16(2,3)12-5-6-14-13(11-12)17(15(20)18-14)7-9-19(4)10-8-17/h5-6,11H,7-10H2,1-4H3,(H,18,20). The molecule has 0 aromatic heterocycles. The second-order valence-electron chi connectivity index (χ2n) is 7.35. The van der Waals surface area contributed by atoms with Crippen LogP contribution in [-0.2, 0) is 15.6 Å². The van der Waals surface area contributed by atoms with Crippen molar-refractivity contribution >= 4 is 11.6 Å². The molecule has 1 aromatic rings. The minimum absolute atomic E-state index is 0.118. The average molecular weight is 272 g/mol. The van der Waals surface area contributed by atoms with Gasteiger partial charge < -0.3 is 10.2 Å². The lowest BCUT2D eigenvalue weighted by Crippen LogP contribution is -2.45. The van der Waals surface area contributed by atoms with E-state index in [1.807, 2.05) is 0 Å². The molecule has 3 nitrogen and oxygen atoms in total. The van der Waals surface area contributed by atoms with Crippen molar-refractivity contribution in [1.29, 1.82) is 0 Å². The largest absolute Gasteiger partial charge is 0.325 e. The van der Waals surface area contributed by atoms with Crippen molar-refractivity contribution in [2.45, 2.75) is 44.4 Å². The van der Waals surface area contributed by atoms with Gasteiger partial charge in [0.05, 0.1) is 5.41 Å². The van der Waals surface area contributed by atoms with Gasteiger partial charge in [0.2, 0.25) is 5.91 Å². The SMILES string of the molecule is CN1CCC2(CC1)C(=O)Nc1ccc(C(C)(C)C)cc12. The van der Waals surface area contributed by atoms with Crippen LogP contribution in [0.25, 0.3) is 0 Å². The van der Waals surface area contributed by atoms with Crippen LogP contribution in [0.4, 0.5) is 5.69 Å². The second-order valence-corrected chi connectivity index (χ2v) is 7.35. The molecule has 0 radical (unpaired) electrons. The highest BCUT2D eigenvalue weighted by Crippen LogP contribution is 2.46. The second kappa shape index (κ2) is 4.32. The number of nitrogens with one attached hydrogen (secondary N) is 1. The maximum absolute atomic E-state index is 12.5. The molecule has 2 aliphatic rings. The Morgan fingerprint density at radius 2 is 1.85 bits per heavy atom. The van der Waals surface area contributed by atoms with Gasteiger partial charge in [0, 0.05) is 5.69 Å². The van der Waals surface area contributed by atoms with Crippen LogP contribution in [0.5, 0.6) is 0 Å². The molecule has 0 bridgehead atoms. The van der Waals surface area contributed by atoms with Crippen LogP contribution >= 0.6 is 0 Å². The number of carbonyl (C=O) groups excluding carboxylic acids is 1. The molecule has 1 saturated heterocycles. The molecule has 20 heavy (non-hydrogen) atoms. The van der Waals surface area contributed by atoms with E-state index in [0.29, 0.717) is 0 Å². The van der Waals surface area contributed by atoms with E-state index in [-0.39, 0.29) is 16.7 Å². The van der Waals surface area contributed by atoms with E-state index in [2.05, 4.69) is 56.2 Å². The molecule has 0 saturated carbocycles. The molecule has 0 aliphatic carbocycles. The topological polar surface area (TPSA) is 32.3 Å². The Balaban J connectivity index is 2.06. The summed E-state index contributed by atoms with van der Waals surface area (Å²) in [6, 6.07) is 6.49. The number of fused-ring (bicyclic) bond motifs is 2. The van der Waals surface area contributed by atoms with Crippen LogP contribution < -0.4 is 5.32 Å². The molecule has 1 amide bonds. The quantitative estimate of drug-likeness (QED) is 0.787. The smallest absolute Gasteiger partial charge is 0.235 e. The summed E-state index contributed by atoms with van der Waals surface area (Å²) in [6.07, 6.45) is 1.85. The zero-order valence-corrected chi connectivity index (χ0v) is 12.9. The fourth-order valence-electron chi connectivity index (χ4n) is 3.38. The van der Waals surface area contributed by atoms with E-state index in [4.69, 9.17) is 0 Å². The monoisotopic (exact) mass is 272 g/mol. The van der Waals surface area contributed by atoms with E-state index in [0.717, 1.165) is 31.6 Å². The van der Waals surface area contributed by atoms with E-state index in [1.165, 1.54) is 11.1 Å². The predicted molar refractivity (Wildman–Crippen MR) is 82.2 cm³/mol. The zero-order chi connectivity index (χ0) is 14.5. The molecule has 108 valence electrons. The highest BCUT2D eigenvalue weighted by atomic mass is 16.2. The van der Waals surface area contributed by atoms with Crippen molar-refractivity contribution in [3.63, 3.8) is 0 Å².